The van der Waals surface area contributed by atoms with Gasteiger partial charge in [0.15, 0.2) is 0 Å². The first-order valence-corrected chi connectivity index (χ1v) is 7.11. The minimum atomic E-state index is -0.121. The van der Waals surface area contributed by atoms with E-state index in [0.29, 0.717) is 12.6 Å². The molecule has 1 atom stereocenters. The van der Waals surface area contributed by atoms with E-state index >= 15 is 0 Å². The number of morpholine rings is 1. The minimum absolute atomic E-state index is 0.121. The van der Waals surface area contributed by atoms with E-state index in [4.69, 9.17) is 4.74 Å². The Hall–Kier alpha value is -1.13. The fraction of sp³-hybridized carbons (Fsp3) is 0.600. The lowest BCUT2D eigenvalue weighted by Gasteiger charge is -2.34. The number of nitrogens with zero attached hydrogens (tertiary/aromatic N) is 1. The molecule has 2 fully saturated rings. The molecule has 2 aliphatic rings. The molecule has 19 heavy (non-hydrogen) atoms. The van der Waals surface area contributed by atoms with Gasteiger partial charge < -0.3 is 15.0 Å². The predicted octanol–water partition coefficient (Wildman–Crippen LogP) is 2.30. The molecule has 0 bridgehead atoms. The summed E-state index contributed by atoms with van der Waals surface area (Å²) in [5, 5.41) is 3.47. The standard InChI is InChI=1S/C15H21FN2O/c1-11-10-18(7-8-19-11)15-12(3-2-4-14(15)16)9-17-13-5-6-13/h2-4,11,13,17H,5-10H2,1H3. The quantitative estimate of drug-likeness (QED) is 0.903. The SMILES string of the molecule is CC1CN(c2c(F)cccc2CNC2CC2)CCO1. The Morgan fingerprint density at radius 3 is 3.00 bits per heavy atom. The Balaban J connectivity index is 1.80. The Bertz CT molecular complexity index is 448. The molecule has 1 aromatic carbocycles. The third kappa shape index (κ3) is 3.07. The molecular weight excluding hydrogens is 243 g/mol. The molecule has 104 valence electrons. The van der Waals surface area contributed by atoms with E-state index < -0.39 is 0 Å². The topological polar surface area (TPSA) is 24.5 Å². The highest BCUT2D eigenvalue weighted by Crippen LogP contribution is 2.27. The second-order valence-corrected chi connectivity index (χ2v) is 5.53. The summed E-state index contributed by atoms with van der Waals surface area (Å²) in [6.07, 6.45) is 2.66. The van der Waals surface area contributed by atoms with Gasteiger partial charge in [-0.25, -0.2) is 4.39 Å². The van der Waals surface area contributed by atoms with Gasteiger partial charge in [-0.05, 0) is 31.4 Å². The summed E-state index contributed by atoms with van der Waals surface area (Å²) in [6, 6.07) is 6.01. The van der Waals surface area contributed by atoms with Crippen LogP contribution in [0.25, 0.3) is 0 Å². The van der Waals surface area contributed by atoms with Crippen molar-refractivity contribution in [3.63, 3.8) is 0 Å². The molecule has 4 heteroatoms. The van der Waals surface area contributed by atoms with Crippen molar-refractivity contribution >= 4 is 5.69 Å². The van der Waals surface area contributed by atoms with Gasteiger partial charge in [-0.3, -0.25) is 0 Å². The number of anilines is 1. The van der Waals surface area contributed by atoms with Crippen molar-refractivity contribution in [1.29, 1.82) is 0 Å². The van der Waals surface area contributed by atoms with Crippen LogP contribution in [0.15, 0.2) is 18.2 Å². The van der Waals surface area contributed by atoms with Gasteiger partial charge in [-0.15, -0.1) is 0 Å². The number of halogens is 1. The molecule has 0 amide bonds. The summed E-state index contributed by atoms with van der Waals surface area (Å²) in [5.74, 6) is -0.121. The summed E-state index contributed by atoms with van der Waals surface area (Å²) >= 11 is 0. The van der Waals surface area contributed by atoms with E-state index in [0.717, 1.165) is 30.9 Å². The molecule has 0 radical (unpaired) electrons. The second-order valence-electron chi connectivity index (χ2n) is 5.53. The summed E-state index contributed by atoms with van der Waals surface area (Å²) in [6.45, 7) is 4.99. The van der Waals surface area contributed by atoms with Gasteiger partial charge >= 0.3 is 0 Å². The van der Waals surface area contributed by atoms with Gasteiger partial charge in [0.05, 0.1) is 18.4 Å². The van der Waals surface area contributed by atoms with E-state index in [1.807, 2.05) is 13.0 Å². The zero-order valence-corrected chi connectivity index (χ0v) is 11.4. The smallest absolute Gasteiger partial charge is 0.146 e. The monoisotopic (exact) mass is 264 g/mol. The molecule has 0 spiro atoms. The van der Waals surface area contributed by atoms with Crippen LogP contribution >= 0.6 is 0 Å². The summed E-state index contributed by atoms with van der Waals surface area (Å²) in [7, 11) is 0. The molecule has 3 nitrogen and oxygen atoms in total. The third-order valence-electron chi connectivity index (χ3n) is 3.79. The second kappa shape index (κ2) is 5.47. The summed E-state index contributed by atoms with van der Waals surface area (Å²) in [5.41, 5.74) is 1.81. The Morgan fingerprint density at radius 2 is 2.26 bits per heavy atom. The minimum Gasteiger partial charge on any atom is -0.375 e. The molecule has 1 aliphatic carbocycles. The van der Waals surface area contributed by atoms with Crippen molar-refractivity contribution in [3.8, 4) is 0 Å². The van der Waals surface area contributed by atoms with Gasteiger partial charge in [0, 0.05) is 25.7 Å². The number of rotatable bonds is 4. The molecule has 1 N–H and O–H groups in total. The van der Waals surface area contributed by atoms with Gasteiger partial charge in [-0.2, -0.15) is 0 Å². The molecule has 1 saturated carbocycles. The fourth-order valence-corrected chi connectivity index (χ4v) is 2.62. The summed E-state index contributed by atoms with van der Waals surface area (Å²) in [4.78, 5) is 2.12. The van der Waals surface area contributed by atoms with E-state index in [-0.39, 0.29) is 11.9 Å². The normalized spacial score (nSPS) is 23.7. The first-order chi connectivity index (χ1) is 9.24. The van der Waals surface area contributed by atoms with Crippen LogP contribution in [0.2, 0.25) is 0 Å². The van der Waals surface area contributed by atoms with Crippen LogP contribution in [-0.2, 0) is 11.3 Å². The van der Waals surface area contributed by atoms with Crippen LogP contribution in [0.3, 0.4) is 0 Å². The highest BCUT2D eigenvalue weighted by molar-refractivity contribution is 5.55. The Kier molecular flexibility index (Phi) is 3.71. The van der Waals surface area contributed by atoms with E-state index in [2.05, 4.69) is 10.2 Å². The maximum absolute atomic E-state index is 14.2. The van der Waals surface area contributed by atoms with Crippen LogP contribution < -0.4 is 10.2 Å². The molecular formula is C15H21FN2O. The average Bonchev–Trinajstić information content (AvgIpc) is 3.20. The van der Waals surface area contributed by atoms with Crippen molar-refractivity contribution in [2.24, 2.45) is 0 Å². The first-order valence-electron chi connectivity index (χ1n) is 7.11. The maximum atomic E-state index is 14.2. The van der Waals surface area contributed by atoms with Crippen molar-refractivity contribution in [2.75, 3.05) is 24.6 Å². The summed E-state index contributed by atoms with van der Waals surface area (Å²) < 4.78 is 19.7. The lowest BCUT2D eigenvalue weighted by Crippen LogP contribution is -2.42. The molecule has 1 aliphatic heterocycles. The predicted molar refractivity (Wildman–Crippen MR) is 73.9 cm³/mol. The zero-order chi connectivity index (χ0) is 13.2. The molecule has 3 rings (SSSR count). The van der Waals surface area contributed by atoms with Crippen molar-refractivity contribution < 1.29 is 9.13 Å². The van der Waals surface area contributed by atoms with E-state index in [1.165, 1.54) is 12.8 Å². The van der Waals surface area contributed by atoms with Crippen LogP contribution in [0.1, 0.15) is 25.3 Å². The number of hydrogen-bond acceptors (Lipinski definition) is 3. The number of nitrogens with one attached hydrogen (secondary N) is 1. The first kappa shape index (κ1) is 12.9. The zero-order valence-electron chi connectivity index (χ0n) is 11.4. The van der Waals surface area contributed by atoms with Crippen molar-refractivity contribution in [3.05, 3.63) is 29.6 Å². The maximum Gasteiger partial charge on any atom is 0.146 e. The van der Waals surface area contributed by atoms with Crippen molar-refractivity contribution in [1.82, 2.24) is 5.32 Å². The van der Waals surface area contributed by atoms with Gasteiger partial charge in [-0.1, -0.05) is 12.1 Å². The number of ether oxygens (including phenoxy) is 1. The van der Waals surface area contributed by atoms with Crippen LogP contribution in [0.4, 0.5) is 10.1 Å². The van der Waals surface area contributed by atoms with E-state index in [1.54, 1.807) is 12.1 Å². The van der Waals surface area contributed by atoms with Crippen molar-refractivity contribution in [2.45, 2.75) is 38.5 Å². The Labute approximate surface area is 113 Å². The lowest BCUT2D eigenvalue weighted by atomic mass is 10.1. The molecule has 1 aromatic rings. The molecule has 1 unspecified atom stereocenters. The largest absolute Gasteiger partial charge is 0.375 e. The molecule has 1 heterocycles. The third-order valence-corrected chi connectivity index (χ3v) is 3.79. The Morgan fingerprint density at radius 1 is 1.42 bits per heavy atom. The number of para-hydroxylation sites is 1. The highest BCUT2D eigenvalue weighted by Gasteiger charge is 2.24. The molecule has 1 saturated heterocycles. The van der Waals surface area contributed by atoms with Crippen LogP contribution in [-0.4, -0.2) is 31.8 Å². The number of benzene rings is 1. The lowest BCUT2D eigenvalue weighted by molar-refractivity contribution is 0.0529. The van der Waals surface area contributed by atoms with Gasteiger partial charge in [0.25, 0.3) is 0 Å². The molecule has 0 aromatic heterocycles. The fourth-order valence-electron chi connectivity index (χ4n) is 2.62. The van der Waals surface area contributed by atoms with Crippen LogP contribution in [0, 0.1) is 5.82 Å². The average molecular weight is 264 g/mol. The van der Waals surface area contributed by atoms with Gasteiger partial charge in [0.1, 0.15) is 5.82 Å². The highest BCUT2D eigenvalue weighted by atomic mass is 19.1. The number of hydrogen-bond donors (Lipinski definition) is 1. The van der Waals surface area contributed by atoms with Gasteiger partial charge in [0.2, 0.25) is 0 Å². The van der Waals surface area contributed by atoms with Crippen LogP contribution in [0.5, 0.6) is 0 Å². The van der Waals surface area contributed by atoms with E-state index in [9.17, 15) is 4.39 Å².